The first kappa shape index (κ1) is 20.7. The van der Waals surface area contributed by atoms with Crippen LogP contribution in [0.2, 0.25) is 0 Å². The van der Waals surface area contributed by atoms with Crippen molar-refractivity contribution in [2.75, 3.05) is 7.11 Å². The lowest BCUT2D eigenvalue weighted by Crippen LogP contribution is -2.54. The van der Waals surface area contributed by atoms with Gasteiger partial charge >= 0.3 is 5.97 Å². The molecule has 0 bridgehead atoms. The summed E-state index contributed by atoms with van der Waals surface area (Å²) >= 11 is 0. The van der Waals surface area contributed by atoms with Gasteiger partial charge in [0.15, 0.2) is 0 Å². The molecule has 1 N–H and O–H groups in total. The summed E-state index contributed by atoms with van der Waals surface area (Å²) in [7, 11) is 1.66. The Hall–Kier alpha value is -1.59. The van der Waals surface area contributed by atoms with Crippen LogP contribution in [0.4, 0.5) is 0 Å². The normalized spacial score (nSPS) is 27.2. The first-order chi connectivity index (χ1) is 12.0. The summed E-state index contributed by atoms with van der Waals surface area (Å²) in [5, 5.41) is 11.0. The molecule has 5 heteroatoms. The maximum Gasteiger partial charge on any atom is 0.309 e. The molecule has 1 unspecified atom stereocenters. The van der Waals surface area contributed by atoms with E-state index in [4.69, 9.17) is 9.47 Å². The summed E-state index contributed by atoms with van der Waals surface area (Å²) in [6.45, 7) is 10.6. The van der Waals surface area contributed by atoms with Gasteiger partial charge in [-0.05, 0) is 65.2 Å². The van der Waals surface area contributed by atoms with Crippen molar-refractivity contribution in [3.63, 3.8) is 0 Å². The molecule has 1 aliphatic heterocycles. The smallest absolute Gasteiger partial charge is 0.309 e. The minimum absolute atomic E-state index is 0.0509. The third-order valence-corrected chi connectivity index (χ3v) is 4.90. The lowest BCUT2D eigenvalue weighted by Gasteiger charge is -2.46. The number of hydrogen-bond donors (Lipinski definition) is 1. The van der Waals surface area contributed by atoms with Crippen LogP contribution in [0.1, 0.15) is 59.4 Å². The highest BCUT2D eigenvalue weighted by Crippen LogP contribution is 2.35. The minimum Gasteiger partial charge on any atom is -0.497 e. The molecule has 0 saturated carbocycles. The summed E-state index contributed by atoms with van der Waals surface area (Å²) in [6, 6.07) is 8.42. The number of carbonyl (C=O) groups excluding carboxylic acids is 1. The van der Waals surface area contributed by atoms with E-state index in [1.807, 2.05) is 32.9 Å². The topological polar surface area (TPSA) is 59.0 Å². The zero-order valence-corrected chi connectivity index (χ0v) is 16.9. The number of nitrogens with zero attached hydrogens (tertiary/aromatic N) is 1. The third-order valence-electron chi connectivity index (χ3n) is 4.90. The van der Waals surface area contributed by atoms with E-state index in [0.29, 0.717) is 12.8 Å². The number of piperidine rings is 1. The van der Waals surface area contributed by atoms with Gasteiger partial charge in [0.25, 0.3) is 0 Å². The summed E-state index contributed by atoms with van der Waals surface area (Å²) < 4.78 is 10.6. The highest BCUT2D eigenvalue weighted by Gasteiger charge is 2.42. The van der Waals surface area contributed by atoms with E-state index in [1.54, 1.807) is 7.11 Å². The van der Waals surface area contributed by atoms with E-state index < -0.39 is 11.2 Å². The van der Waals surface area contributed by atoms with E-state index >= 15 is 0 Å². The lowest BCUT2D eigenvalue weighted by atomic mass is 9.80. The van der Waals surface area contributed by atoms with E-state index in [-0.39, 0.29) is 24.5 Å². The van der Waals surface area contributed by atoms with Crippen LogP contribution in [0.3, 0.4) is 0 Å². The van der Waals surface area contributed by atoms with Crippen LogP contribution in [0.5, 0.6) is 5.75 Å². The van der Waals surface area contributed by atoms with E-state index in [2.05, 4.69) is 30.9 Å². The first-order valence-corrected chi connectivity index (χ1v) is 9.34. The highest BCUT2D eigenvalue weighted by molar-refractivity contribution is 5.71. The molecule has 146 valence electrons. The van der Waals surface area contributed by atoms with Gasteiger partial charge in [-0.15, -0.1) is 0 Å². The molecule has 1 aliphatic rings. The molecule has 0 aromatic heterocycles. The Labute approximate surface area is 157 Å². The fraction of sp³-hybridized carbons (Fsp3) is 0.667. The van der Waals surface area contributed by atoms with Crippen LogP contribution < -0.4 is 4.74 Å². The highest BCUT2D eigenvalue weighted by atomic mass is 16.6. The van der Waals surface area contributed by atoms with Crippen molar-refractivity contribution in [2.24, 2.45) is 0 Å². The van der Waals surface area contributed by atoms with Crippen molar-refractivity contribution in [3.05, 3.63) is 29.8 Å². The number of hydrogen-bond acceptors (Lipinski definition) is 5. The van der Waals surface area contributed by atoms with Gasteiger partial charge in [-0.3, -0.25) is 9.69 Å². The zero-order chi connectivity index (χ0) is 19.5. The molecule has 0 spiro atoms. The van der Waals surface area contributed by atoms with Gasteiger partial charge in [-0.2, -0.15) is 0 Å². The molecule has 0 aliphatic carbocycles. The molecule has 1 fully saturated rings. The van der Waals surface area contributed by atoms with Gasteiger partial charge in [-0.25, -0.2) is 0 Å². The number of benzene rings is 1. The molecule has 1 aromatic rings. The second kappa shape index (κ2) is 7.97. The molecular formula is C21H33NO4. The molecule has 0 amide bonds. The standard InChI is InChI=1S/C21H33NO4/c1-15-11-21(24,13-19(23)26-20(3,4)5)12-16(2)22(15)14-17-7-9-18(25-6)10-8-17/h7-10,15-16,24H,11-14H2,1-6H3/t15-,16+,21?. The number of ether oxygens (including phenoxy) is 2. The average molecular weight is 363 g/mol. The van der Waals surface area contributed by atoms with E-state index in [9.17, 15) is 9.90 Å². The van der Waals surface area contributed by atoms with Gasteiger partial charge < -0.3 is 14.6 Å². The largest absolute Gasteiger partial charge is 0.497 e. The number of carbonyl (C=O) groups is 1. The maximum atomic E-state index is 12.2. The summed E-state index contributed by atoms with van der Waals surface area (Å²) in [6.07, 6.45) is 1.18. The van der Waals surface area contributed by atoms with Gasteiger partial charge in [0.2, 0.25) is 0 Å². The summed E-state index contributed by atoms with van der Waals surface area (Å²) in [4.78, 5) is 14.6. The molecule has 1 heterocycles. The Balaban J connectivity index is 2.00. The molecule has 26 heavy (non-hydrogen) atoms. The number of esters is 1. The third kappa shape index (κ3) is 5.71. The fourth-order valence-corrected chi connectivity index (χ4v) is 3.90. The van der Waals surface area contributed by atoms with Crippen molar-refractivity contribution in [1.29, 1.82) is 0 Å². The Kier molecular flexibility index (Phi) is 6.35. The Morgan fingerprint density at radius 2 is 1.73 bits per heavy atom. The van der Waals surface area contributed by atoms with Crippen LogP contribution in [-0.4, -0.2) is 46.4 Å². The second-order valence-electron chi connectivity index (χ2n) is 8.61. The quantitative estimate of drug-likeness (QED) is 0.811. The monoisotopic (exact) mass is 363 g/mol. The van der Waals surface area contributed by atoms with E-state index in [0.717, 1.165) is 12.3 Å². The van der Waals surface area contributed by atoms with Gasteiger partial charge in [0.1, 0.15) is 11.4 Å². The van der Waals surface area contributed by atoms with Gasteiger partial charge in [0.05, 0.1) is 19.1 Å². The molecule has 3 atom stereocenters. The predicted molar refractivity (Wildman–Crippen MR) is 102 cm³/mol. The van der Waals surface area contributed by atoms with Crippen molar-refractivity contribution in [1.82, 2.24) is 4.90 Å². The predicted octanol–water partition coefficient (Wildman–Crippen LogP) is 3.53. The number of methoxy groups -OCH3 is 1. The van der Waals surface area contributed by atoms with Crippen LogP contribution in [0.15, 0.2) is 24.3 Å². The summed E-state index contributed by atoms with van der Waals surface area (Å²) in [5.41, 5.74) is -0.320. The Bertz CT molecular complexity index is 593. The van der Waals surface area contributed by atoms with Gasteiger partial charge in [-0.1, -0.05) is 12.1 Å². The van der Waals surface area contributed by atoms with Crippen LogP contribution in [0.25, 0.3) is 0 Å². The molecule has 0 radical (unpaired) electrons. The number of likely N-dealkylation sites (tertiary alicyclic amines) is 1. The minimum atomic E-state index is -1.00. The SMILES string of the molecule is COc1ccc(CN2[C@H](C)CC(O)(CC(=O)OC(C)(C)C)C[C@@H]2C)cc1. The molecule has 1 aromatic carbocycles. The molecule has 5 nitrogen and oxygen atoms in total. The zero-order valence-electron chi connectivity index (χ0n) is 16.9. The van der Waals surface area contributed by atoms with Crippen LogP contribution in [0, 0.1) is 0 Å². The van der Waals surface area contributed by atoms with Crippen molar-refractivity contribution in [2.45, 2.75) is 83.7 Å². The van der Waals surface area contributed by atoms with Crippen LogP contribution in [-0.2, 0) is 16.1 Å². The Morgan fingerprint density at radius 1 is 1.19 bits per heavy atom. The average Bonchev–Trinajstić information content (AvgIpc) is 2.49. The van der Waals surface area contributed by atoms with E-state index in [1.165, 1.54) is 5.56 Å². The lowest BCUT2D eigenvalue weighted by molar-refractivity contribution is -0.164. The number of rotatable bonds is 5. The van der Waals surface area contributed by atoms with Crippen molar-refractivity contribution < 1.29 is 19.4 Å². The second-order valence-corrected chi connectivity index (χ2v) is 8.61. The van der Waals surface area contributed by atoms with Crippen molar-refractivity contribution >= 4 is 5.97 Å². The maximum absolute atomic E-state index is 12.2. The van der Waals surface area contributed by atoms with Crippen LogP contribution >= 0.6 is 0 Å². The number of aliphatic hydroxyl groups is 1. The van der Waals surface area contributed by atoms with Crippen molar-refractivity contribution in [3.8, 4) is 5.75 Å². The molecule has 1 saturated heterocycles. The molecule has 2 rings (SSSR count). The summed E-state index contributed by atoms with van der Waals surface area (Å²) in [5.74, 6) is 0.517. The Morgan fingerprint density at radius 3 is 2.19 bits per heavy atom. The fourth-order valence-electron chi connectivity index (χ4n) is 3.90. The van der Waals surface area contributed by atoms with Gasteiger partial charge in [0, 0.05) is 18.6 Å². The first-order valence-electron chi connectivity index (χ1n) is 9.34. The molecular weight excluding hydrogens is 330 g/mol.